The highest BCUT2D eigenvalue weighted by molar-refractivity contribution is 5.06. The lowest BCUT2D eigenvalue weighted by atomic mass is 9.83. The number of rotatable bonds is 3. The zero-order valence-electron chi connectivity index (χ0n) is 9.92. The summed E-state index contributed by atoms with van der Waals surface area (Å²) in [5.74, 6) is 0. The van der Waals surface area contributed by atoms with Crippen LogP contribution in [0.1, 0.15) is 44.7 Å². The van der Waals surface area contributed by atoms with Crippen molar-refractivity contribution in [3.05, 3.63) is 24.0 Å². The largest absolute Gasteiger partial charge is 0.353 e. The molecule has 1 aliphatic carbocycles. The van der Waals surface area contributed by atoms with Gasteiger partial charge < -0.3 is 9.88 Å². The molecule has 1 aromatic heterocycles. The zero-order valence-corrected chi connectivity index (χ0v) is 9.92. The van der Waals surface area contributed by atoms with Gasteiger partial charge >= 0.3 is 0 Å². The molecule has 2 heteroatoms. The third-order valence-electron chi connectivity index (χ3n) is 3.70. The summed E-state index contributed by atoms with van der Waals surface area (Å²) in [7, 11) is 2.11. The molecule has 2 rings (SSSR count). The third-order valence-corrected chi connectivity index (χ3v) is 3.70. The summed E-state index contributed by atoms with van der Waals surface area (Å²) in [6, 6.07) is 4.30. The predicted molar refractivity (Wildman–Crippen MR) is 63.7 cm³/mol. The van der Waals surface area contributed by atoms with Gasteiger partial charge in [-0.25, -0.2) is 0 Å². The molecule has 0 aromatic carbocycles. The molecule has 15 heavy (non-hydrogen) atoms. The van der Waals surface area contributed by atoms with Crippen LogP contribution in [-0.4, -0.2) is 10.1 Å². The summed E-state index contributed by atoms with van der Waals surface area (Å²) in [5, 5.41) is 3.72. The van der Waals surface area contributed by atoms with E-state index in [-0.39, 0.29) is 0 Å². The summed E-state index contributed by atoms with van der Waals surface area (Å²) >= 11 is 0. The molecule has 0 saturated heterocycles. The Kier molecular flexibility index (Phi) is 3.15. The first-order chi connectivity index (χ1) is 7.20. The molecule has 1 saturated carbocycles. The van der Waals surface area contributed by atoms with Crippen molar-refractivity contribution in [2.24, 2.45) is 7.05 Å². The molecule has 0 amide bonds. The SMILES string of the molecule is Cn1cccc1CNC1(C)CCCCC1. The third kappa shape index (κ3) is 2.63. The number of nitrogens with one attached hydrogen (secondary N) is 1. The predicted octanol–water partition coefficient (Wildman–Crippen LogP) is 2.84. The van der Waals surface area contributed by atoms with Crippen molar-refractivity contribution < 1.29 is 0 Å². The van der Waals surface area contributed by atoms with Gasteiger partial charge in [-0.15, -0.1) is 0 Å². The molecule has 0 bridgehead atoms. The first-order valence-electron chi connectivity index (χ1n) is 6.05. The smallest absolute Gasteiger partial charge is 0.0363 e. The minimum Gasteiger partial charge on any atom is -0.353 e. The first kappa shape index (κ1) is 10.7. The quantitative estimate of drug-likeness (QED) is 0.804. The maximum absolute atomic E-state index is 3.72. The molecule has 1 fully saturated rings. The molecule has 84 valence electrons. The zero-order chi connectivity index (χ0) is 10.7. The van der Waals surface area contributed by atoms with E-state index in [2.05, 4.69) is 42.2 Å². The van der Waals surface area contributed by atoms with Crippen LogP contribution in [0, 0.1) is 0 Å². The standard InChI is InChI=1S/C13H22N2/c1-13(8-4-3-5-9-13)14-11-12-7-6-10-15(12)2/h6-7,10,14H,3-5,8-9,11H2,1-2H3. The molecule has 1 N–H and O–H groups in total. The van der Waals surface area contributed by atoms with Gasteiger partial charge in [0.15, 0.2) is 0 Å². The van der Waals surface area contributed by atoms with Crippen LogP contribution in [0.3, 0.4) is 0 Å². The van der Waals surface area contributed by atoms with Crippen molar-refractivity contribution in [2.45, 2.75) is 51.1 Å². The van der Waals surface area contributed by atoms with Crippen molar-refractivity contribution >= 4 is 0 Å². The monoisotopic (exact) mass is 206 g/mol. The molecular weight excluding hydrogens is 184 g/mol. The highest BCUT2D eigenvalue weighted by atomic mass is 15.0. The Bertz CT molecular complexity index is 308. The summed E-state index contributed by atoms with van der Waals surface area (Å²) in [5.41, 5.74) is 1.75. The average molecular weight is 206 g/mol. The Labute approximate surface area is 92.7 Å². The molecule has 0 radical (unpaired) electrons. The maximum Gasteiger partial charge on any atom is 0.0363 e. The normalized spacial score (nSPS) is 20.4. The lowest BCUT2D eigenvalue weighted by molar-refractivity contribution is 0.251. The van der Waals surface area contributed by atoms with Gasteiger partial charge in [0.2, 0.25) is 0 Å². The van der Waals surface area contributed by atoms with Gasteiger partial charge in [0, 0.05) is 31.0 Å². The van der Waals surface area contributed by atoms with Crippen molar-refractivity contribution in [1.29, 1.82) is 0 Å². The fourth-order valence-corrected chi connectivity index (χ4v) is 2.49. The van der Waals surface area contributed by atoms with Crippen molar-refractivity contribution in [2.75, 3.05) is 0 Å². The molecule has 1 heterocycles. The van der Waals surface area contributed by atoms with Crippen LogP contribution in [-0.2, 0) is 13.6 Å². The van der Waals surface area contributed by atoms with Crippen molar-refractivity contribution in [3.63, 3.8) is 0 Å². The minimum absolute atomic E-state index is 0.377. The van der Waals surface area contributed by atoms with E-state index in [4.69, 9.17) is 0 Å². The van der Waals surface area contributed by atoms with E-state index < -0.39 is 0 Å². The number of hydrogen-bond acceptors (Lipinski definition) is 1. The highest BCUT2D eigenvalue weighted by Gasteiger charge is 2.25. The maximum atomic E-state index is 3.72. The number of aromatic nitrogens is 1. The summed E-state index contributed by atoms with van der Waals surface area (Å²) in [4.78, 5) is 0. The van der Waals surface area contributed by atoms with Gasteiger partial charge in [0.25, 0.3) is 0 Å². The molecule has 2 nitrogen and oxygen atoms in total. The molecule has 0 spiro atoms. The Hall–Kier alpha value is -0.760. The van der Waals surface area contributed by atoms with Crippen molar-refractivity contribution in [3.8, 4) is 0 Å². The summed E-state index contributed by atoms with van der Waals surface area (Å²) < 4.78 is 2.19. The van der Waals surface area contributed by atoms with Crippen LogP contribution >= 0.6 is 0 Å². The van der Waals surface area contributed by atoms with Crippen LogP contribution in [0.15, 0.2) is 18.3 Å². The van der Waals surface area contributed by atoms with Gasteiger partial charge in [0.05, 0.1) is 0 Å². The van der Waals surface area contributed by atoms with E-state index in [9.17, 15) is 0 Å². The van der Waals surface area contributed by atoms with Crippen molar-refractivity contribution in [1.82, 2.24) is 9.88 Å². The van der Waals surface area contributed by atoms with E-state index in [1.165, 1.54) is 37.8 Å². The van der Waals surface area contributed by atoms with E-state index in [1.807, 2.05) is 0 Å². The molecule has 1 aromatic rings. The van der Waals surface area contributed by atoms with Crippen LogP contribution in [0.4, 0.5) is 0 Å². The van der Waals surface area contributed by atoms with E-state index in [1.54, 1.807) is 0 Å². The number of hydrogen-bond donors (Lipinski definition) is 1. The van der Waals surface area contributed by atoms with Gasteiger partial charge in [-0.2, -0.15) is 0 Å². The van der Waals surface area contributed by atoms with Gasteiger partial charge in [-0.3, -0.25) is 0 Å². The molecule has 0 atom stereocenters. The Morgan fingerprint density at radius 1 is 1.33 bits per heavy atom. The topological polar surface area (TPSA) is 17.0 Å². The molecule has 0 unspecified atom stereocenters. The Morgan fingerprint density at radius 2 is 2.07 bits per heavy atom. The Morgan fingerprint density at radius 3 is 2.67 bits per heavy atom. The van der Waals surface area contributed by atoms with Crippen LogP contribution < -0.4 is 5.32 Å². The number of aryl methyl sites for hydroxylation is 1. The molecular formula is C13H22N2. The summed E-state index contributed by atoms with van der Waals surface area (Å²) in [6.45, 7) is 3.37. The van der Waals surface area contributed by atoms with E-state index in [0.717, 1.165) is 6.54 Å². The van der Waals surface area contributed by atoms with Crippen LogP contribution in [0.25, 0.3) is 0 Å². The summed E-state index contributed by atoms with van der Waals surface area (Å²) in [6.07, 6.45) is 8.96. The minimum atomic E-state index is 0.377. The second kappa shape index (κ2) is 4.40. The van der Waals surface area contributed by atoms with E-state index in [0.29, 0.717) is 5.54 Å². The molecule has 0 aliphatic heterocycles. The van der Waals surface area contributed by atoms with Crippen LogP contribution in [0.5, 0.6) is 0 Å². The van der Waals surface area contributed by atoms with Gasteiger partial charge in [0.1, 0.15) is 0 Å². The number of nitrogens with zero attached hydrogens (tertiary/aromatic N) is 1. The lowest BCUT2D eigenvalue weighted by Gasteiger charge is -2.34. The highest BCUT2D eigenvalue weighted by Crippen LogP contribution is 2.27. The fraction of sp³-hybridized carbons (Fsp3) is 0.692. The average Bonchev–Trinajstić information content (AvgIpc) is 2.62. The first-order valence-corrected chi connectivity index (χ1v) is 6.05. The second-order valence-electron chi connectivity index (χ2n) is 5.09. The van der Waals surface area contributed by atoms with Gasteiger partial charge in [-0.05, 0) is 31.9 Å². The Balaban J connectivity index is 1.89. The molecule has 1 aliphatic rings. The second-order valence-corrected chi connectivity index (χ2v) is 5.09. The fourth-order valence-electron chi connectivity index (χ4n) is 2.49. The lowest BCUT2D eigenvalue weighted by Crippen LogP contribution is -2.43. The van der Waals surface area contributed by atoms with E-state index >= 15 is 0 Å². The van der Waals surface area contributed by atoms with Gasteiger partial charge in [-0.1, -0.05) is 19.3 Å². The van der Waals surface area contributed by atoms with Crippen LogP contribution in [0.2, 0.25) is 0 Å².